The van der Waals surface area contributed by atoms with E-state index in [1.165, 1.54) is 5.56 Å². The maximum absolute atomic E-state index is 5.42. The third kappa shape index (κ3) is 4.14. The van der Waals surface area contributed by atoms with Gasteiger partial charge in [0.25, 0.3) is 0 Å². The summed E-state index contributed by atoms with van der Waals surface area (Å²) in [5.74, 6) is 1.92. The van der Waals surface area contributed by atoms with Crippen molar-refractivity contribution in [1.82, 2.24) is 4.90 Å². The molecule has 0 N–H and O–H groups in total. The lowest BCUT2D eigenvalue weighted by molar-refractivity contribution is 0.236. The molecule has 0 radical (unpaired) electrons. The summed E-state index contributed by atoms with van der Waals surface area (Å²) >= 11 is 0. The van der Waals surface area contributed by atoms with E-state index in [0.29, 0.717) is 0 Å². The molecule has 102 valence electrons. The third-order valence-corrected chi connectivity index (χ3v) is 3.06. The summed E-state index contributed by atoms with van der Waals surface area (Å²) in [5.41, 5.74) is 1.29. The van der Waals surface area contributed by atoms with Crippen LogP contribution in [-0.4, -0.2) is 18.6 Å². The van der Waals surface area contributed by atoms with Crippen molar-refractivity contribution in [1.29, 1.82) is 0 Å². The van der Waals surface area contributed by atoms with Crippen molar-refractivity contribution in [3.05, 3.63) is 54.0 Å². The molecule has 0 unspecified atom stereocenters. The molecule has 0 amide bonds. The first-order valence-electron chi connectivity index (χ1n) is 6.69. The van der Waals surface area contributed by atoms with E-state index < -0.39 is 0 Å². The normalized spacial score (nSPS) is 10.9. The molecule has 3 nitrogen and oxygen atoms in total. The van der Waals surface area contributed by atoms with Crippen molar-refractivity contribution in [2.75, 3.05) is 13.7 Å². The second-order valence-corrected chi connectivity index (χ2v) is 4.64. The highest BCUT2D eigenvalue weighted by Gasteiger charge is 2.08. The number of benzene rings is 1. The quantitative estimate of drug-likeness (QED) is 0.758. The van der Waals surface area contributed by atoms with E-state index >= 15 is 0 Å². The summed E-state index contributed by atoms with van der Waals surface area (Å²) in [5, 5.41) is 0. The molecule has 1 heterocycles. The van der Waals surface area contributed by atoms with Gasteiger partial charge in [0.15, 0.2) is 0 Å². The van der Waals surface area contributed by atoms with E-state index in [-0.39, 0.29) is 0 Å². The average Bonchev–Trinajstić information content (AvgIpc) is 2.93. The summed E-state index contributed by atoms with van der Waals surface area (Å²) in [6.07, 6.45) is 2.86. The molecule has 3 heteroatoms. The third-order valence-electron chi connectivity index (χ3n) is 3.06. The summed E-state index contributed by atoms with van der Waals surface area (Å²) in [6.45, 7) is 5.04. The highest BCUT2D eigenvalue weighted by atomic mass is 16.5. The van der Waals surface area contributed by atoms with Gasteiger partial charge in [0.1, 0.15) is 11.5 Å². The maximum atomic E-state index is 5.42. The molecule has 0 atom stereocenters. The van der Waals surface area contributed by atoms with Crippen LogP contribution < -0.4 is 4.74 Å². The van der Waals surface area contributed by atoms with Crippen molar-refractivity contribution >= 4 is 0 Å². The topological polar surface area (TPSA) is 25.6 Å². The number of nitrogens with zero attached hydrogens (tertiary/aromatic N) is 1. The van der Waals surface area contributed by atoms with E-state index in [1.54, 1.807) is 13.4 Å². The van der Waals surface area contributed by atoms with Gasteiger partial charge in [0.05, 0.1) is 19.9 Å². The van der Waals surface area contributed by atoms with Crippen LogP contribution in [0.5, 0.6) is 5.75 Å². The van der Waals surface area contributed by atoms with Gasteiger partial charge in [-0.15, -0.1) is 0 Å². The predicted octanol–water partition coefficient (Wildman–Crippen LogP) is 3.70. The monoisotopic (exact) mass is 259 g/mol. The molecular weight excluding hydrogens is 238 g/mol. The molecule has 0 fully saturated rings. The fraction of sp³-hybridized carbons (Fsp3) is 0.375. The second-order valence-electron chi connectivity index (χ2n) is 4.64. The minimum Gasteiger partial charge on any atom is -0.497 e. The molecule has 0 aliphatic rings. The molecule has 0 spiro atoms. The number of hydrogen-bond donors (Lipinski definition) is 0. The Morgan fingerprint density at radius 1 is 1.11 bits per heavy atom. The van der Waals surface area contributed by atoms with Gasteiger partial charge in [0.2, 0.25) is 0 Å². The van der Waals surface area contributed by atoms with E-state index in [1.807, 2.05) is 24.3 Å². The summed E-state index contributed by atoms with van der Waals surface area (Å²) in [4.78, 5) is 2.39. The second kappa shape index (κ2) is 7.00. The summed E-state index contributed by atoms with van der Waals surface area (Å²) in [7, 11) is 1.69. The Labute approximate surface area is 114 Å². The van der Waals surface area contributed by atoms with Gasteiger partial charge in [-0.05, 0) is 42.8 Å². The van der Waals surface area contributed by atoms with Crippen LogP contribution in [0.2, 0.25) is 0 Å². The first kappa shape index (κ1) is 13.7. The Morgan fingerprint density at radius 2 is 1.89 bits per heavy atom. The average molecular weight is 259 g/mol. The van der Waals surface area contributed by atoms with Gasteiger partial charge in [0, 0.05) is 6.54 Å². The smallest absolute Gasteiger partial charge is 0.118 e. The van der Waals surface area contributed by atoms with E-state index in [2.05, 4.69) is 24.0 Å². The highest BCUT2D eigenvalue weighted by Crippen LogP contribution is 2.15. The zero-order valence-corrected chi connectivity index (χ0v) is 11.6. The highest BCUT2D eigenvalue weighted by molar-refractivity contribution is 5.27. The van der Waals surface area contributed by atoms with Crippen molar-refractivity contribution < 1.29 is 9.15 Å². The van der Waals surface area contributed by atoms with E-state index in [4.69, 9.17) is 9.15 Å². The van der Waals surface area contributed by atoms with Crippen molar-refractivity contribution in [3.63, 3.8) is 0 Å². The van der Waals surface area contributed by atoms with Crippen LogP contribution in [0.15, 0.2) is 47.1 Å². The van der Waals surface area contributed by atoms with Gasteiger partial charge < -0.3 is 9.15 Å². The number of ether oxygens (including phenoxy) is 1. The minimum absolute atomic E-state index is 0.854. The van der Waals surface area contributed by atoms with Crippen molar-refractivity contribution in [2.45, 2.75) is 26.4 Å². The number of hydrogen-bond acceptors (Lipinski definition) is 3. The zero-order chi connectivity index (χ0) is 13.5. The van der Waals surface area contributed by atoms with Crippen LogP contribution in [0.3, 0.4) is 0 Å². The molecule has 19 heavy (non-hydrogen) atoms. The van der Waals surface area contributed by atoms with Crippen LogP contribution >= 0.6 is 0 Å². The molecule has 0 aliphatic heterocycles. The zero-order valence-electron chi connectivity index (χ0n) is 11.6. The Hall–Kier alpha value is -1.74. The molecule has 0 bridgehead atoms. The Bertz CT molecular complexity index is 462. The Kier molecular flexibility index (Phi) is 5.04. The lowest BCUT2D eigenvalue weighted by atomic mass is 10.2. The van der Waals surface area contributed by atoms with Crippen LogP contribution in [-0.2, 0) is 13.1 Å². The van der Waals surface area contributed by atoms with Crippen LogP contribution in [0.1, 0.15) is 24.7 Å². The summed E-state index contributed by atoms with van der Waals surface area (Å²) < 4.78 is 10.6. The molecule has 0 aliphatic carbocycles. The fourth-order valence-corrected chi connectivity index (χ4v) is 2.14. The van der Waals surface area contributed by atoms with Crippen LogP contribution in [0.25, 0.3) is 0 Å². The van der Waals surface area contributed by atoms with Gasteiger partial charge >= 0.3 is 0 Å². The Morgan fingerprint density at radius 3 is 2.47 bits per heavy atom. The standard InChI is InChI=1S/C16H21NO2/c1-3-10-17(13-16-5-4-11-19-16)12-14-6-8-15(18-2)9-7-14/h4-9,11H,3,10,12-13H2,1-2H3. The van der Waals surface area contributed by atoms with Gasteiger partial charge in [-0.3, -0.25) is 4.90 Å². The summed E-state index contributed by atoms with van der Waals surface area (Å²) in [6, 6.07) is 12.2. The van der Waals surface area contributed by atoms with Gasteiger partial charge in [-0.2, -0.15) is 0 Å². The molecule has 2 rings (SSSR count). The SMILES string of the molecule is CCCN(Cc1ccc(OC)cc1)Cc1ccco1. The lowest BCUT2D eigenvalue weighted by Crippen LogP contribution is -2.23. The molecule has 1 aromatic heterocycles. The van der Waals surface area contributed by atoms with Crippen molar-refractivity contribution in [2.24, 2.45) is 0 Å². The predicted molar refractivity (Wildman–Crippen MR) is 76.1 cm³/mol. The molecule has 0 saturated heterocycles. The van der Waals surface area contributed by atoms with Crippen molar-refractivity contribution in [3.8, 4) is 5.75 Å². The van der Waals surface area contributed by atoms with Crippen LogP contribution in [0, 0.1) is 0 Å². The molecule has 1 aromatic carbocycles. The maximum Gasteiger partial charge on any atom is 0.118 e. The molecular formula is C16H21NO2. The molecule has 2 aromatic rings. The number of rotatable bonds is 7. The van der Waals surface area contributed by atoms with Gasteiger partial charge in [-0.1, -0.05) is 19.1 Å². The lowest BCUT2D eigenvalue weighted by Gasteiger charge is -2.20. The first-order chi connectivity index (χ1) is 9.31. The van der Waals surface area contributed by atoms with Gasteiger partial charge in [-0.25, -0.2) is 0 Å². The molecule has 0 saturated carbocycles. The minimum atomic E-state index is 0.854. The largest absolute Gasteiger partial charge is 0.497 e. The number of furan rings is 1. The van der Waals surface area contributed by atoms with E-state index in [9.17, 15) is 0 Å². The Balaban J connectivity index is 1.98. The van der Waals surface area contributed by atoms with Crippen LogP contribution in [0.4, 0.5) is 0 Å². The fourth-order valence-electron chi connectivity index (χ4n) is 2.14. The van der Waals surface area contributed by atoms with E-state index in [0.717, 1.165) is 37.6 Å². The number of methoxy groups -OCH3 is 1. The first-order valence-corrected chi connectivity index (χ1v) is 6.69.